The number of carbonyl (C=O) groups is 2. The van der Waals surface area contributed by atoms with Crippen molar-refractivity contribution >= 4 is 45.0 Å². The predicted molar refractivity (Wildman–Crippen MR) is 133 cm³/mol. The van der Waals surface area contributed by atoms with Gasteiger partial charge in [0.2, 0.25) is 0 Å². The van der Waals surface area contributed by atoms with E-state index in [1.165, 1.54) is 30.5 Å². The number of amides is 1. The Hall–Kier alpha value is -3.10. The van der Waals surface area contributed by atoms with E-state index in [2.05, 4.69) is 20.3 Å². The molecule has 37 heavy (non-hydrogen) atoms. The van der Waals surface area contributed by atoms with Gasteiger partial charge in [0.1, 0.15) is 5.82 Å². The number of halogens is 4. The molecule has 0 spiro atoms. The average Bonchev–Trinajstić information content (AvgIpc) is 2.84. The molecule has 2 aromatic rings. The lowest BCUT2D eigenvalue weighted by Crippen LogP contribution is -2.44. The number of hydrogen-bond donors (Lipinski definition) is 4. The van der Waals surface area contributed by atoms with E-state index in [-0.39, 0.29) is 16.5 Å². The zero-order valence-corrected chi connectivity index (χ0v) is 21.4. The Morgan fingerprint density at radius 1 is 1.19 bits per heavy atom. The van der Waals surface area contributed by atoms with Gasteiger partial charge < -0.3 is 20.6 Å². The predicted octanol–water partition coefficient (Wildman–Crippen LogP) is 3.11. The Bertz CT molecular complexity index is 1170. The smallest absolute Gasteiger partial charge is 0.475 e. The molecule has 204 valence electrons. The summed E-state index contributed by atoms with van der Waals surface area (Å²) in [6, 6.07) is 7.40. The van der Waals surface area contributed by atoms with Gasteiger partial charge in [-0.15, -0.1) is 0 Å². The van der Waals surface area contributed by atoms with Crippen LogP contribution >= 0.6 is 11.6 Å². The molecule has 1 aliphatic heterocycles. The van der Waals surface area contributed by atoms with Crippen LogP contribution in [0.4, 0.5) is 24.7 Å². The Morgan fingerprint density at radius 2 is 1.78 bits per heavy atom. The third-order valence-electron chi connectivity index (χ3n) is 4.96. The number of pyridine rings is 1. The van der Waals surface area contributed by atoms with Crippen LogP contribution in [0.5, 0.6) is 0 Å². The van der Waals surface area contributed by atoms with Gasteiger partial charge in [-0.25, -0.2) is 18.2 Å². The van der Waals surface area contributed by atoms with Crippen LogP contribution in [0.25, 0.3) is 0 Å². The molecule has 1 fully saturated rings. The van der Waals surface area contributed by atoms with Gasteiger partial charge in [-0.1, -0.05) is 24.9 Å². The number of alkyl halides is 3. The van der Waals surface area contributed by atoms with Crippen molar-refractivity contribution in [1.82, 2.24) is 15.6 Å². The van der Waals surface area contributed by atoms with Crippen LogP contribution < -0.4 is 20.3 Å². The average molecular weight is 566 g/mol. The van der Waals surface area contributed by atoms with Crippen LogP contribution in [0, 0.1) is 0 Å². The first-order valence-corrected chi connectivity index (χ1v) is 13.0. The van der Waals surface area contributed by atoms with E-state index < -0.39 is 22.2 Å². The van der Waals surface area contributed by atoms with Crippen molar-refractivity contribution < 1.29 is 36.3 Å². The summed E-state index contributed by atoms with van der Waals surface area (Å²) in [6.45, 7) is 5.63. The lowest BCUT2D eigenvalue weighted by molar-refractivity contribution is -0.192. The number of nitrogens with one attached hydrogen (secondary N) is 3. The molecular weight excluding hydrogens is 539 g/mol. The molecule has 0 saturated carbocycles. The molecule has 1 aliphatic rings. The summed E-state index contributed by atoms with van der Waals surface area (Å²) in [5.74, 6) is -2.47. The normalized spacial score (nSPS) is 13.8. The van der Waals surface area contributed by atoms with E-state index in [1.807, 2.05) is 11.8 Å². The van der Waals surface area contributed by atoms with E-state index in [0.717, 1.165) is 39.0 Å². The van der Waals surface area contributed by atoms with Crippen LogP contribution in [0.1, 0.15) is 30.1 Å². The summed E-state index contributed by atoms with van der Waals surface area (Å²) in [5, 5.41) is 13.7. The maximum absolute atomic E-state index is 12.8. The van der Waals surface area contributed by atoms with E-state index in [1.54, 1.807) is 6.07 Å². The van der Waals surface area contributed by atoms with Gasteiger partial charge in [0, 0.05) is 37.7 Å². The number of carboxylic acids is 1. The Kier molecular flexibility index (Phi) is 10.9. The summed E-state index contributed by atoms with van der Waals surface area (Å²) in [5.41, 5.74) is 0.578. The Morgan fingerprint density at radius 3 is 2.32 bits per heavy atom. The van der Waals surface area contributed by atoms with E-state index >= 15 is 0 Å². The SMILES string of the molecule is CCCCNC(=O)c1cc(NS(=O)(=O)c2ccc(Cl)cc2)cnc1N1CCNCC1.O=C(O)C(F)(F)F. The highest BCUT2D eigenvalue weighted by Crippen LogP contribution is 2.24. The number of nitrogens with zero attached hydrogens (tertiary/aromatic N) is 2. The van der Waals surface area contributed by atoms with E-state index in [4.69, 9.17) is 21.5 Å². The fourth-order valence-corrected chi connectivity index (χ4v) is 4.27. The maximum Gasteiger partial charge on any atom is 0.490 e. The van der Waals surface area contributed by atoms with Crippen molar-refractivity contribution in [3.63, 3.8) is 0 Å². The summed E-state index contributed by atoms with van der Waals surface area (Å²) >= 11 is 5.84. The number of carboxylic acid groups (broad SMARTS) is 1. The molecule has 0 unspecified atom stereocenters. The van der Waals surface area contributed by atoms with Gasteiger partial charge in [-0.3, -0.25) is 9.52 Å². The standard InChI is InChI=1S/C20H26ClN5O3S.C2HF3O2/c1-2-3-8-23-20(27)18-13-16(14-24-19(18)26-11-9-22-10-12-26)25-30(28,29)17-6-4-15(21)5-7-17;3-2(4,5)1(6)7/h4-7,13-14,22,25H,2-3,8-12H2,1H3,(H,23,27);(H,6,7). The molecule has 0 radical (unpaired) electrons. The zero-order chi connectivity index (χ0) is 27.6. The number of aromatic nitrogens is 1. The minimum Gasteiger partial charge on any atom is -0.475 e. The first-order chi connectivity index (χ1) is 17.3. The monoisotopic (exact) mass is 565 g/mol. The Balaban J connectivity index is 0.000000604. The van der Waals surface area contributed by atoms with Crippen LogP contribution in [0.15, 0.2) is 41.4 Å². The van der Waals surface area contributed by atoms with Crippen LogP contribution in [0.2, 0.25) is 5.02 Å². The van der Waals surface area contributed by atoms with Crippen molar-refractivity contribution in [3.8, 4) is 0 Å². The highest BCUT2D eigenvalue weighted by Gasteiger charge is 2.38. The number of benzene rings is 1. The van der Waals surface area contributed by atoms with Gasteiger partial charge >= 0.3 is 12.1 Å². The second-order valence-electron chi connectivity index (χ2n) is 7.80. The largest absolute Gasteiger partial charge is 0.490 e. The highest BCUT2D eigenvalue weighted by molar-refractivity contribution is 7.92. The van der Waals surface area contributed by atoms with Gasteiger partial charge in [-0.05, 0) is 36.8 Å². The summed E-state index contributed by atoms with van der Waals surface area (Å²) < 4.78 is 59.6. The van der Waals surface area contributed by atoms with E-state index in [0.29, 0.717) is 22.9 Å². The van der Waals surface area contributed by atoms with Crippen molar-refractivity contribution in [2.75, 3.05) is 42.3 Å². The molecule has 0 atom stereocenters. The molecule has 4 N–H and O–H groups in total. The van der Waals surface area contributed by atoms with Gasteiger partial charge in [0.15, 0.2) is 0 Å². The molecule has 1 aromatic carbocycles. The van der Waals surface area contributed by atoms with Crippen molar-refractivity contribution in [2.24, 2.45) is 0 Å². The first kappa shape index (κ1) is 30.1. The third-order valence-corrected chi connectivity index (χ3v) is 6.61. The van der Waals surface area contributed by atoms with Crippen molar-refractivity contribution in [3.05, 3.63) is 47.1 Å². The number of piperazine rings is 1. The lowest BCUT2D eigenvalue weighted by Gasteiger charge is -2.30. The molecule has 0 bridgehead atoms. The molecule has 1 amide bonds. The Labute approximate surface area is 217 Å². The molecule has 2 heterocycles. The quantitative estimate of drug-likeness (QED) is 0.358. The number of anilines is 2. The number of carbonyl (C=O) groups excluding carboxylic acids is 1. The molecule has 3 rings (SSSR count). The molecule has 1 saturated heterocycles. The third kappa shape index (κ3) is 9.37. The number of rotatable bonds is 8. The van der Waals surface area contributed by atoms with E-state index in [9.17, 15) is 26.4 Å². The molecule has 15 heteroatoms. The van der Waals surface area contributed by atoms with Gasteiger partial charge in [0.25, 0.3) is 15.9 Å². The zero-order valence-electron chi connectivity index (χ0n) is 19.8. The fourth-order valence-electron chi connectivity index (χ4n) is 3.11. The molecule has 1 aromatic heterocycles. The van der Waals surface area contributed by atoms with Crippen molar-refractivity contribution in [1.29, 1.82) is 0 Å². The number of hydrogen-bond acceptors (Lipinski definition) is 7. The second kappa shape index (κ2) is 13.4. The van der Waals surface area contributed by atoms with Crippen LogP contribution in [-0.2, 0) is 14.8 Å². The summed E-state index contributed by atoms with van der Waals surface area (Å²) in [4.78, 5) is 28.3. The topological polar surface area (TPSA) is 141 Å². The van der Waals surface area contributed by atoms with Gasteiger partial charge in [0.05, 0.1) is 22.3 Å². The first-order valence-electron chi connectivity index (χ1n) is 11.2. The van der Waals surface area contributed by atoms with Crippen LogP contribution in [0.3, 0.4) is 0 Å². The van der Waals surface area contributed by atoms with Gasteiger partial charge in [-0.2, -0.15) is 13.2 Å². The summed E-state index contributed by atoms with van der Waals surface area (Å²) in [6.07, 6.45) is -1.82. The second-order valence-corrected chi connectivity index (χ2v) is 9.92. The highest BCUT2D eigenvalue weighted by atomic mass is 35.5. The minimum atomic E-state index is -5.08. The van der Waals surface area contributed by atoms with Crippen LogP contribution in [-0.4, -0.2) is 69.3 Å². The molecular formula is C22H27ClF3N5O5S. The number of sulfonamides is 1. The molecule has 0 aliphatic carbocycles. The number of aliphatic carboxylic acids is 1. The lowest BCUT2D eigenvalue weighted by atomic mass is 10.2. The van der Waals surface area contributed by atoms with Crippen molar-refractivity contribution in [2.45, 2.75) is 30.8 Å². The fraction of sp³-hybridized carbons (Fsp3) is 0.409. The minimum absolute atomic E-state index is 0.0760. The number of unbranched alkanes of at least 4 members (excludes halogenated alkanes) is 1. The summed E-state index contributed by atoms with van der Waals surface area (Å²) in [7, 11) is -3.84. The maximum atomic E-state index is 12.8. The molecule has 10 nitrogen and oxygen atoms in total.